The van der Waals surface area contributed by atoms with Gasteiger partial charge in [0.25, 0.3) is 0 Å². The lowest BCUT2D eigenvalue weighted by Gasteiger charge is -2.43. The fourth-order valence-electron chi connectivity index (χ4n) is 3.33. The molecule has 0 unspecified atom stereocenters. The summed E-state index contributed by atoms with van der Waals surface area (Å²) in [5, 5.41) is 6.11. The number of amides is 1. The Bertz CT molecular complexity index is 781. The second kappa shape index (κ2) is 8.08. The van der Waals surface area contributed by atoms with E-state index >= 15 is 0 Å². The van der Waals surface area contributed by atoms with Gasteiger partial charge in [-0.15, -0.1) is 0 Å². The molecule has 0 bridgehead atoms. The van der Waals surface area contributed by atoms with Crippen molar-refractivity contribution in [1.82, 2.24) is 20.5 Å². The van der Waals surface area contributed by atoms with Crippen LogP contribution in [0.2, 0.25) is 0 Å². The Morgan fingerprint density at radius 2 is 2.07 bits per heavy atom. The van der Waals surface area contributed by atoms with E-state index in [-0.39, 0.29) is 6.54 Å². The van der Waals surface area contributed by atoms with Gasteiger partial charge in [0.2, 0.25) is 5.91 Å². The Labute approximate surface area is 161 Å². The number of halogens is 3. The molecule has 1 atom stereocenters. The molecule has 0 aromatic carbocycles. The summed E-state index contributed by atoms with van der Waals surface area (Å²) < 4.78 is 45.2. The van der Waals surface area contributed by atoms with Crippen molar-refractivity contribution in [3.05, 3.63) is 30.3 Å². The number of furan rings is 1. The number of nitrogens with zero attached hydrogens (tertiary/aromatic N) is 2. The molecule has 1 fully saturated rings. The molecule has 1 aliphatic heterocycles. The molecule has 9 heteroatoms. The molecule has 2 aromatic heterocycles. The van der Waals surface area contributed by atoms with Crippen molar-refractivity contribution in [2.24, 2.45) is 0 Å². The molecule has 3 rings (SSSR count). The van der Waals surface area contributed by atoms with E-state index < -0.39 is 43.1 Å². The van der Waals surface area contributed by atoms with Gasteiger partial charge in [0.1, 0.15) is 36.9 Å². The van der Waals surface area contributed by atoms with E-state index in [4.69, 9.17) is 4.42 Å². The van der Waals surface area contributed by atoms with Crippen LogP contribution in [0.1, 0.15) is 19.6 Å². The highest BCUT2D eigenvalue weighted by Gasteiger charge is 2.40. The summed E-state index contributed by atoms with van der Waals surface area (Å²) in [4.78, 5) is 18.7. The topological polar surface area (TPSA) is 70.4 Å². The number of hydrogen-bond acceptors (Lipinski definition) is 5. The summed E-state index contributed by atoms with van der Waals surface area (Å²) in [6, 6.07) is 2.98. The van der Waals surface area contributed by atoms with Crippen molar-refractivity contribution in [2.75, 3.05) is 39.7 Å². The average molecular weight is 398 g/mol. The standard InChI is InChI=1S/C19H25F3N4O2/c1-18(2,16-7-13-8-23-4-3-15(13)28-16)26-6-5-24-14(9-26)17(27)25-19(10-20,11-21)12-22/h3-4,7-8,14,24H,5-6,9-12H2,1-2H3,(H,25,27)/t14-/m0/s1. The third-order valence-electron chi connectivity index (χ3n) is 5.36. The monoisotopic (exact) mass is 398 g/mol. The number of fused-ring (bicyclic) bond motifs is 1. The minimum Gasteiger partial charge on any atom is -0.459 e. The molecule has 6 nitrogen and oxygen atoms in total. The number of carbonyl (C=O) groups is 1. The fourth-order valence-corrected chi connectivity index (χ4v) is 3.33. The molecule has 154 valence electrons. The van der Waals surface area contributed by atoms with Crippen LogP contribution in [0, 0.1) is 0 Å². The summed E-state index contributed by atoms with van der Waals surface area (Å²) in [5.41, 5.74) is -1.92. The average Bonchev–Trinajstić information content (AvgIpc) is 3.17. The summed E-state index contributed by atoms with van der Waals surface area (Å²) in [6.07, 6.45) is 3.37. The van der Waals surface area contributed by atoms with Gasteiger partial charge >= 0.3 is 0 Å². The highest BCUT2D eigenvalue weighted by atomic mass is 19.1. The number of piperazine rings is 1. The van der Waals surface area contributed by atoms with E-state index in [1.165, 1.54) is 0 Å². The van der Waals surface area contributed by atoms with Crippen LogP contribution in [-0.4, -0.2) is 67.0 Å². The van der Waals surface area contributed by atoms with E-state index in [0.717, 1.165) is 16.7 Å². The van der Waals surface area contributed by atoms with Crippen molar-refractivity contribution in [2.45, 2.75) is 31.0 Å². The van der Waals surface area contributed by atoms with E-state index in [9.17, 15) is 18.0 Å². The Hall–Kier alpha value is -2.13. The van der Waals surface area contributed by atoms with Gasteiger partial charge in [0, 0.05) is 37.4 Å². The maximum atomic E-state index is 13.1. The second-order valence-electron chi connectivity index (χ2n) is 7.71. The molecule has 0 aliphatic carbocycles. The number of nitrogens with one attached hydrogen (secondary N) is 2. The first-order valence-corrected chi connectivity index (χ1v) is 9.17. The Morgan fingerprint density at radius 3 is 2.71 bits per heavy atom. The van der Waals surface area contributed by atoms with Crippen molar-refractivity contribution in [3.63, 3.8) is 0 Å². The summed E-state index contributed by atoms with van der Waals surface area (Å²) in [7, 11) is 0. The first kappa shape index (κ1) is 20.6. The molecule has 2 N–H and O–H groups in total. The van der Waals surface area contributed by atoms with Gasteiger partial charge in [-0.2, -0.15) is 0 Å². The summed E-state index contributed by atoms with van der Waals surface area (Å²) >= 11 is 0. The summed E-state index contributed by atoms with van der Waals surface area (Å²) in [5.74, 6) is 0.101. The van der Waals surface area contributed by atoms with Crippen molar-refractivity contribution >= 4 is 16.9 Å². The molecular formula is C19H25F3N4O2. The lowest BCUT2D eigenvalue weighted by Crippen LogP contribution is -2.64. The van der Waals surface area contributed by atoms with Crippen molar-refractivity contribution < 1.29 is 22.4 Å². The van der Waals surface area contributed by atoms with Crippen LogP contribution < -0.4 is 10.6 Å². The fraction of sp³-hybridized carbons (Fsp3) is 0.579. The number of pyridine rings is 1. The van der Waals surface area contributed by atoms with Crippen molar-refractivity contribution in [3.8, 4) is 0 Å². The first-order valence-electron chi connectivity index (χ1n) is 9.17. The number of alkyl halides is 3. The maximum Gasteiger partial charge on any atom is 0.239 e. The van der Waals surface area contributed by atoms with Crippen LogP contribution in [0.15, 0.2) is 28.9 Å². The summed E-state index contributed by atoms with van der Waals surface area (Å²) in [6.45, 7) is 1.47. The van der Waals surface area contributed by atoms with Crippen LogP contribution in [0.3, 0.4) is 0 Å². The third-order valence-corrected chi connectivity index (χ3v) is 5.36. The highest BCUT2D eigenvalue weighted by molar-refractivity contribution is 5.83. The minimum absolute atomic E-state index is 0.287. The van der Waals surface area contributed by atoms with E-state index in [1.54, 1.807) is 18.5 Å². The van der Waals surface area contributed by atoms with Crippen LogP contribution in [-0.2, 0) is 10.3 Å². The van der Waals surface area contributed by atoms with Gasteiger partial charge in [-0.3, -0.25) is 14.7 Å². The lowest BCUT2D eigenvalue weighted by atomic mass is 9.96. The van der Waals surface area contributed by atoms with Gasteiger partial charge in [0.15, 0.2) is 0 Å². The highest BCUT2D eigenvalue weighted by Crippen LogP contribution is 2.32. The van der Waals surface area contributed by atoms with Gasteiger partial charge < -0.3 is 15.1 Å². The van der Waals surface area contributed by atoms with E-state index in [2.05, 4.69) is 20.5 Å². The predicted octanol–water partition coefficient (Wildman–Crippen LogP) is 2.10. The lowest BCUT2D eigenvalue weighted by molar-refractivity contribution is -0.127. The van der Waals surface area contributed by atoms with E-state index in [1.807, 2.05) is 19.9 Å². The van der Waals surface area contributed by atoms with Crippen LogP contribution in [0.25, 0.3) is 11.0 Å². The molecule has 1 amide bonds. The van der Waals surface area contributed by atoms with Gasteiger partial charge in [0.05, 0.1) is 11.6 Å². The SMILES string of the molecule is CC(C)(c1cc2cnccc2o1)N1CCN[C@H](C(=O)NC(CF)(CF)CF)C1. The molecule has 0 spiro atoms. The quantitative estimate of drug-likeness (QED) is 0.748. The Morgan fingerprint density at radius 1 is 1.36 bits per heavy atom. The smallest absolute Gasteiger partial charge is 0.239 e. The van der Waals surface area contributed by atoms with Gasteiger partial charge in [-0.1, -0.05) is 0 Å². The van der Waals surface area contributed by atoms with Crippen molar-refractivity contribution in [1.29, 1.82) is 0 Å². The Kier molecular flexibility index (Phi) is 5.95. The first-order chi connectivity index (χ1) is 13.3. The normalized spacial score (nSPS) is 19.1. The number of rotatable bonds is 7. The molecule has 1 aliphatic rings. The third kappa shape index (κ3) is 3.86. The molecule has 0 radical (unpaired) electrons. The Balaban J connectivity index is 1.75. The van der Waals surface area contributed by atoms with Crippen LogP contribution in [0.5, 0.6) is 0 Å². The number of hydrogen-bond donors (Lipinski definition) is 2. The number of aromatic nitrogens is 1. The van der Waals surface area contributed by atoms with Crippen LogP contribution >= 0.6 is 0 Å². The largest absolute Gasteiger partial charge is 0.459 e. The molecule has 1 saturated heterocycles. The zero-order chi connectivity index (χ0) is 20.4. The molecule has 3 heterocycles. The zero-order valence-corrected chi connectivity index (χ0v) is 16.0. The molecule has 28 heavy (non-hydrogen) atoms. The predicted molar refractivity (Wildman–Crippen MR) is 99.2 cm³/mol. The zero-order valence-electron chi connectivity index (χ0n) is 16.0. The number of carbonyl (C=O) groups excluding carboxylic acids is 1. The van der Waals surface area contributed by atoms with Gasteiger partial charge in [-0.25, -0.2) is 13.2 Å². The second-order valence-corrected chi connectivity index (χ2v) is 7.71. The van der Waals surface area contributed by atoms with Crippen LogP contribution in [0.4, 0.5) is 13.2 Å². The van der Waals surface area contributed by atoms with E-state index in [0.29, 0.717) is 13.1 Å². The molecule has 2 aromatic rings. The van der Waals surface area contributed by atoms with Gasteiger partial charge in [-0.05, 0) is 26.0 Å². The molecule has 0 saturated carbocycles. The molecular weight excluding hydrogens is 373 g/mol. The minimum atomic E-state index is -2.11. The maximum absolute atomic E-state index is 13.1.